The van der Waals surface area contributed by atoms with Crippen LogP contribution in [0.3, 0.4) is 0 Å². The van der Waals surface area contributed by atoms with Crippen molar-refractivity contribution in [2.75, 3.05) is 5.32 Å². The van der Waals surface area contributed by atoms with E-state index in [2.05, 4.69) is 10.1 Å². The van der Waals surface area contributed by atoms with Crippen LogP contribution in [0.5, 0.6) is 5.75 Å². The Bertz CT molecular complexity index is 1140. The summed E-state index contributed by atoms with van der Waals surface area (Å²) in [6, 6.07) is 14.0. The van der Waals surface area contributed by atoms with E-state index in [1.54, 1.807) is 29.1 Å². The van der Waals surface area contributed by atoms with E-state index in [4.69, 9.17) is 35.4 Å². The van der Waals surface area contributed by atoms with Gasteiger partial charge in [0.25, 0.3) is 0 Å². The number of hydrogen-bond donors (Lipinski definition) is 1. The van der Waals surface area contributed by atoms with Gasteiger partial charge in [0, 0.05) is 17.3 Å². The van der Waals surface area contributed by atoms with Crippen LogP contribution in [0, 0.1) is 6.92 Å². The van der Waals surface area contributed by atoms with E-state index >= 15 is 0 Å². The van der Waals surface area contributed by atoms with Crippen LogP contribution in [0.1, 0.15) is 11.1 Å². The Morgan fingerprint density at radius 1 is 1.10 bits per heavy atom. The average Bonchev–Trinajstić information content (AvgIpc) is 2.71. The number of halogens is 4. The van der Waals surface area contributed by atoms with Crippen molar-refractivity contribution in [2.45, 2.75) is 13.5 Å². The minimum Gasteiger partial charge on any atom is -0.867 e. The van der Waals surface area contributed by atoms with Crippen LogP contribution in [0.2, 0.25) is 10.0 Å². The molecule has 9 heteroatoms. The number of alkyl halides is 2. The van der Waals surface area contributed by atoms with E-state index in [0.717, 1.165) is 5.56 Å². The molecule has 0 bridgehead atoms. The summed E-state index contributed by atoms with van der Waals surface area (Å²) < 4.78 is 30.6. The fraction of sp³-hybridized carbons (Fsp3) is 0.0909. The molecule has 3 rings (SSSR count). The van der Waals surface area contributed by atoms with Crippen molar-refractivity contribution in [1.82, 2.24) is 0 Å². The summed E-state index contributed by atoms with van der Waals surface area (Å²) in [4.78, 5) is 0.134. The molecule has 0 unspecified atom stereocenters. The number of anilines is 1. The highest BCUT2D eigenvalue weighted by Gasteiger charge is 2.20. The second-order valence-electron chi connectivity index (χ2n) is 6.45. The standard InChI is InChI=1S/C22H16Cl2F2N2O2S/c1-13-3-2-10-28(12-13)19(20(29)14-4-9-17(23)18(24)11-14)21(31)27-15-5-7-16(8-6-15)30-22(25)26/h2-12,22H,1H3,(H-,27,29,31). The first-order valence-corrected chi connectivity index (χ1v) is 10.1. The number of hydrogen-bond acceptors (Lipinski definition) is 3. The number of rotatable bonds is 6. The monoisotopic (exact) mass is 480 g/mol. The van der Waals surface area contributed by atoms with Gasteiger partial charge in [-0.25, -0.2) is 0 Å². The molecule has 0 saturated heterocycles. The van der Waals surface area contributed by atoms with Gasteiger partial charge >= 0.3 is 6.61 Å². The minimum atomic E-state index is -2.92. The summed E-state index contributed by atoms with van der Waals surface area (Å²) in [7, 11) is 0. The Labute approximate surface area is 193 Å². The zero-order chi connectivity index (χ0) is 22.5. The molecule has 1 heterocycles. The van der Waals surface area contributed by atoms with E-state index in [1.165, 1.54) is 36.4 Å². The molecule has 0 atom stereocenters. The lowest BCUT2D eigenvalue weighted by atomic mass is 10.1. The predicted octanol–water partition coefficient (Wildman–Crippen LogP) is 5.32. The third-order valence-corrected chi connectivity index (χ3v) is 5.19. The normalized spacial score (nSPS) is 11.8. The highest BCUT2D eigenvalue weighted by atomic mass is 35.5. The molecule has 0 aliphatic heterocycles. The smallest absolute Gasteiger partial charge is 0.387 e. The zero-order valence-corrected chi connectivity index (χ0v) is 18.4. The summed E-state index contributed by atoms with van der Waals surface area (Å²) in [5, 5.41) is 16.9. The van der Waals surface area contributed by atoms with Crippen LogP contribution in [0.15, 0.2) is 67.0 Å². The number of pyridine rings is 1. The Balaban J connectivity index is 2.00. The second-order valence-corrected chi connectivity index (χ2v) is 7.67. The van der Waals surface area contributed by atoms with Crippen LogP contribution in [-0.2, 0) is 0 Å². The van der Waals surface area contributed by atoms with Crippen LogP contribution in [-0.4, -0.2) is 11.6 Å². The molecule has 0 aliphatic carbocycles. The average molecular weight is 481 g/mol. The van der Waals surface area contributed by atoms with Crippen LogP contribution >= 0.6 is 35.4 Å². The molecule has 1 N–H and O–H groups in total. The van der Waals surface area contributed by atoms with Crippen molar-refractivity contribution in [2.24, 2.45) is 0 Å². The van der Waals surface area contributed by atoms with Crippen molar-refractivity contribution in [3.8, 4) is 5.75 Å². The number of aromatic nitrogens is 1. The van der Waals surface area contributed by atoms with Gasteiger partial charge in [0.05, 0.1) is 10.0 Å². The number of thiocarbonyl (C=S) groups is 1. The molecule has 1 aromatic heterocycles. The van der Waals surface area contributed by atoms with Crippen molar-refractivity contribution in [3.05, 3.63) is 88.2 Å². The first-order valence-electron chi connectivity index (χ1n) is 8.96. The van der Waals surface area contributed by atoms with E-state index in [0.29, 0.717) is 16.3 Å². The molecule has 3 aromatic rings. The number of benzene rings is 2. The third-order valence-electron chi connectivity index (χ3n) is 4.16. The van der Waals surface area contributed by atoms with Gasteiger partial charge in [0.2, 0.25) is 5.70 Å². The highest BCUT2D eigenvalue weighted by molar-refractivity contribution is 7.81. The van der Waals surface area contributed by atoms with Crippen LogP contribution in [0.25, 0.3) is 11.5 Å². The number of ether oxygens (including phenoxy) is 1. The van der Waals surface area contributed by atoms with Crippen molar-refractivity contribution in [1.29, 1.82) is 0 Å². The fourth-order valence-corrected chi connectivity index (χ4v) is 3.37. The Morgan fingerprint density at radius 3 is 2.42 bits per heavy atom. The molecule has 0 amide bonds. The molecular weight excluding hydrogens is 465 g/mol. The number of nitrogens with zero attached hydrogens (tertiary/aromatic N) is 1. The van der Waals surface area contributed by atoms with Gasteiger partial charge < -0.3 is 15.2 Å². The summed E-state index contributed by atoms with van der Waals surface area (Å²) >= 11 is 17.6. The van der Waals surface area contributed by atoms with Crippen LogP contribution in [0.4, 0.5) is 14.5 Å². The molecule has 0 spiro atoms. The van der Waals surface area contributed by atoms with Gasteiger partial charge in [0.15, 0.2) is 17.4 Å². The maximum Gasteiger partial charge on any atom is 0.387 e. The number of nitrogens with one attached hydrogen (secondary N) is 1. The molecule has 4 nitrogen and oxygen atoms in total. The molecular formula is C22H16Cl2F2N2O2S. The summed E-state index contributed by atoms with van der Waals surface area (Å²) in [6.07, 6.45) is 3.46. The van der Waals surface area contributed by atoms with Crippen molar-refractivity contribution in [3.63, 3.8) is 0 Å². The Morgan fingerprint density at radius 2 is 1.81 bits per heavy atom. The maximum absolute atomic E-state index is 13.3. The molecule has 0 radical (unpaired) electrons. The fourth-order valence-electron chi connectivity index (χ4n) is 2.75. The predicted molar refractivity (Wildman–Crippen MR) is 120 cm³/mol. The zero-order valence-electron chi connectivity index (χ0n) is 16.1. The lowest BCUT2D eigenvalue weighted by molar-refractivity contribution is -0.578. The van der Waals surface area contributed by atoms with Gasteiger partial charge in [0.1, 0.15) is 5.75 Å². The quantitative estimate of drug-likeness (QED) is 0.224. The third kappa shape index (κ3) is 5.91. The Hall–Kier alpha value is -2.74. The lowest BCUT2D eigenvalue weighted by Gasteiger charge is -2.17. The van der Waals surface area contributed by atoms with Gasteiger partial charge in [-0.1, -0.05) is 41.5 Å². The second kappa shape index (κ2) is 10.0. The van der Waals surface area contributed by atoms with Crippen molar-refractivity contribution < 1.29 is 23.2 Å². The SMILES string of the molecule is Cc1ccc[n+](C(C(=S)Nc2ccc(OC(F)F)cc2)=C([O-])c2ccc(Cl)c(Cl)c2)c1. The molecule has 0 fully saturated rings. The van der Waals surface area contributed by atoms with E-state index < -0.39 is 6.61 Å². The highest BCUT2D eigenvalue weighted by Crippen LogP contribution is 2.26. The van der Waals surface area contributed by atoms with Gasteiger partial charge in [-0.15, -0.1) is 0 Å². The van der Waals surface area contributed by atoms with Gasteiger partial charge in [-0.2, -0.15) is 13.3 Å². The molecule has 160 valence electrons. The van der Waals surface area contributed by atoms with E-state index in [9.17, 15) is 13.9 Å². The molecule has 0 aliphatic rings. The number of aryl methyl sites for hydroxylation is 1. The largest absolute Gasteiger partial charge is 0.867 e. The molecule has 0 saturated carbocycles. The minimum absolute atomic E-state index is 0.00983. The first kappa shape index (κ1) is 22.9. The lowest BCUT2D eigenvalue weighted by Crippen LogP contribution is -2.40. The van der Waals surface area contributed by atoms with Gasteiger partial charge in [-0.3, -0.25) is 0 Å². The summed E-state index contributed by atoms with van der Waals surface area (Å²) in [6.45, 7) is -1.03. The topological polar surface area (TPSA) is 48.2 Å². The Kier molecular flexibility index (Phi) is 7.43. The molecule has 2 aromatic carbocycles. The first-order chi connectivity index (χ1) is 14.7. The summed E-state index contributed by atoms with van der Waals surface area (Å²) in [5.74, 6) is -0.361. The molecule has 31 heavy (non-hydrogen) atoms. The van der Waals surface area contributed by atoms with E-state index in [-0.39, 0.29) is 27.2 Å². The van der Waals surface area contributed by atoms with Crippen LogP contribution < -0.4 is 19.7 Å². The van der Waals surface area contributed by atoms with Crippen molar-refractivity contribution >= 4 is 57.6 Å². The van der Waals surface area contributed by atoms with Gasteiger partial charge in [-0.05, 0) is 60.7 Å². The maximum atomic E-state index is 13.3. The summed E-state index contributed by atoms with van der Waals surface area (Å²) in [5.41, 5.74) is 1.91. The van der Waals surface area contributed by atoms with E-state index in [1.807, 2.05) is 13.0 Å².